The molecule has 1 nitrogen and oxygen atoms in total. The topological polar surface area (TPSA) is 23.8 Å². The van der Waals surface area contributed by atoms with Crippen LogP contribution in [-0.2, 0) is 0 Å². The summed E-state index contributed by atoms with van der Waals surface area (Å²) in [6.45, 7) is 2.07. The van der Waals surface area contributed by atoms with E-state index >= 15 is 0 Å². The summed E-state index contributed by atoms with van der Waals surface area (Å²) in [5.41, 5.74) is 2.40. The first-order chi connectivity index (χ1) is 11.2. The van der Waals surface area contributed by atoms with Crippen LogP contribution >= 0.6 is 34.4 Å². The van der Waals surface area contributed by atoms with E-state index in [9.17, 15) is 0 Å². The number of rotatable bonds is 4. The molecule has 1 fully saturated rings. The van der Waals surface area contributed by atoms with Crippen LogP contribution in [0.5, 0.6) is 0 Å². The van der Waals surface area contributed by atoms with Gasteiger partial charge in [-0.1, -0.05) is 6.07 Å². The Morgan fingerprint density at radius 2 is 1.74 bits per heavy atom. The van der Waals surface area contributed by atoms with Crippen LogP contribution in [0, 0.1) is 17.6 Å². The lowest BCUT2D eigenvalue weighted by atomic mass is 10.1. The van der Waals surface area contributed by atoms with Crippen molar-refractivity contribution in [3.05, 3.63) is 52.9 Å². The van der Waals surface area contributed by atoms with Gasteiger partial charge in [0.15, 0.2) is 0 Å². The summed E-state index contributed by atoms with van der Waals surface area (Å²) in [5, 5.41) is 11.0. The lowest BCUT2D eigenvalue weighted by Crippen LogP contribution is -1.80. The number of thioether (sulfide) groups is 1. The zero-order valence-corrected chi connectivity index (χ0v) is 15.2. The van der Waals surface area contributed by atoms with Crippen molar-refractivity contribution in [3.8, 4) is 25.6 Å². The number of nitrogens with zero attached hydrogens (tertiary/aromatic N) is 1. The van der Waals surface area contributed by atoms with E-state index in [2.05, 4.69) is 48.7 Å². The minimum absolute atomic E-state index is 0.834. The highest BCUT2D eigenvalue weighted by atomic mass is 32.2. The van der Waals surface area contributed by atoms with Gasteiger partial charge >= 0.3 is 0 Å². The van der Waals surface area contributed by atoms with Crippen LogP contribution in [0.4, 0.5) is 0 Å². The molecule has 0 amide bonds. The molecule has 114 valence electrons. The van der Waals surface area contributed by atoms with E-state index in [0.29, 0.717) is 0 Å². The Balaban J connectivity index is 1.62. The fourth-order valence-electron chi connectivity index (χ4n) is 2.66. The van der Waals surface area contributed by atoms with Crippen molar-refractivity contribution in [1.29, 1.82) is 5.26 Å². The van der Waals surface area contributed by atoms with Gasteiger partial charge in [-0.3, -0.25) is 0 Å². The molecule has 2 aromatic heterocycles. The minimum atomic E-state index is 0.834. The van der Waals surface area contributed by atoms with Crippen LogP contribution in [0.1, 0.15) is 29.2 Å². The summed E-state index contributed by atoms with van der Waals surface area (Å²) in [6, 6.07) is 15.4. The minimum Gasteiger partial charge on any atom is -0.185 e. The molecule has 0 radical (unpaired) electrons. The predicted octanol–water partition coefficient (Wildman–Crippen LogP) is 6.90. The molecule has 0 aliphatic heterocycles. The first-order valence-corrected chi connectivity index (χ1v) is 10.1. The Morgan fingerprint density at radius 1 is 1.00 bits per heavy atom. The van der Waals surface area contributed by atoms with E-state index in [-0.39, 0.29) is 0 Å². The average Bonchev–Trinajstić information content (AvgIpc) is 3.10. The maximum Gasteiger partial charge on any atom is 0.138 e. The third-order valence-electron chi connectivity index (χ3n) is 4.07. The van der Waals surface area contributed by atoms with E-state index in [0.717, 1.165) is 16.4 Å². The van der Waals surface area contributed by atoms with E-state index < -0.39 is 0 Å². The van der Waals surface area contributed by atoms with Gasteiger partial charge in [-0.05, 0) is 85.0 Å². The first-order valence-electron chi connectivity index (χ1n) is 7.61. The molecule has 1 aliphatic rings. The molecule has 1 aliphatic carbocycles. The van der Waals surface area contributed by atoms with Crippen LogP contribution in [0.2, 0.25) is 0 Å². The van der Waals surface area contributed by atoms with Gasteiger partial charge in [0.1, 0.15) is 5.40 Å². The maximum absolute atomic E-state index is 8.82. The van der Waals surface area contributed by atoms with Gasteiger partial charge in [-0.2, -0.15) is 5.26 Å². The second-order valence-corrected chi connectivity index (χ2v) is 8.84. The summed E-state index contributed by atoms with van der Waals surface area (Å²) < 4.78 is 0. The van der Waals surface area contributed by atoms with Crippen LogP contribution in [0.25, 0.3) is 20.2 Å². The fourth-order valence-corrected chi connectivity index (χ4v) is 5.39. The molecule has 0 spiro atoms. The standard InChI is InChI=1S/C19H15NS3/c1-12-10-14(4-5-15(12)21-11-20)17-7-9-19(23-17)18-8-6-16(22-18)13-2-3-13/h4-10,13H,2-3H2,1H3. The second-order valence-electron chi connectivity index (χ2n) is 5.81. The van der Waals surface area contributed by atoms with Gasteiger partial charge in [0.25, 0.3) is 0 Å². The van der Waals surface area contributed by atoms with Crippen LogP contribution in [-0.4, -0.2) is 0 Å². The summed E-state index contributed by atoms with van der Waals surface area (Å²) in [5.74, 6) is 0.834. The van der Waals surface area contributed by atoms with Crippen molar-refractivity contribution in [2.24, 2.45) is 0 Å². The van der Waals surface area contributed by atoms with Crippen molar-refractivity contribution in [2.45, 2.75) is 30.6 Å². The Labute approximate surface area is 148 Å². The van der Waals surface area contributed by atoms with Crippen molar-refractivity contribution in [2.75, 3.05) is 0 Å². The Bertz CT molecular complexity index is 893. The van der Waals surface area contributed by atoms with E-state index in [1.54, 1.807) is 4.88 Å². The number of thiocyanates is 1. The first kappa shape index (κ1) is 15.0. The van der Waals surface area contributed by atoms with E-state index in [1.165, 1.54) is 44.8 Å². The second kappa shape index (κ2) is 6.16. The molecule has 3 aromatic rings. The number of nitriles is 1. The Kier molecular flexibility index (Phi) is 4.02. The number of hydrogen-bond donors (Lipinski definition) is 0. The Morgan fingerprint density at radius 3 is 2.48 bits per heavy atom. The maximum atomic E-state index is 8.82. The largest absolute Gasteiger partial charge is 0.185 e. The fraction of sp³-hybridized carbons (Fsp3) is 0.211. The summed E-state index contributed by atoms with van der Waals surface area (Å²) in [7, 11) is 0. The lowest BCUT2D eigenvalue weighted by molar-refractivity contribution is 1.18. The molecule has 1 aromatic carbocycles. The summed E-state index contributed by atoms with van der Waals surface area (Å²) in [4.78, 5) is 6.61. The van der Waals surface area contributed by atoms with Crippen LogP contribution in [0.3, 0.4) is 0 Å². The third kappa shape index (κ3) is 3.10. The predicted molar refractivity (Wildman–Crippen MR) is 101 cm³/mol. The SMILES string of the molecule is Cc1cc(-c2ccc(-c3ccc(C4CC4)s3)s2)ccc1SC#N. The van der Waals surface area contributed by atoms with Crippen LogP contribution < -0.4 is 0 Å². The molecule has 23 heavy (non-hydrogen) atoms. The van der Waals surface area contributed by atoms with Crippen molar-refractivity contribution in [1.82, 2.24) is 0 Å². The number of benzene rings is 1. The van der Waals surface area contributed by atoms with Crippen molar-refractivity contribution < 1.29 is 0 Å². The summed E-state index contributed by atoms with van der Waals surface area (Å²) in [6.07, 6.45) is 2.73. The molecule has 0 N–H and O–H groups in total. The van der Waals surface area contributed by atoms with Crippen LogP contribution in [0.15, 0.2) is 47.4 Å². The quantitative estimate of drug-likeness (QED) is 0.376. The zero-order valence-electron chi connectivity index (χ0n) is 12.7. The molecule has 0 bridgehead atoms. The normalized spacial score (nSPS) is 13.9. The monoisotopic (exact) mass is 353 g/mol. The number of aryl methyl sites for hydroxylation is 1. The van der Waals surface area contributed by atoms with Gasteiger partial charge in [0, 0.05) is 24.4 Å². The molecule has 1 saturated carbocycles. The van der Waals surface area contributed by atoms with Gasteiger partial charge in [0.05, 0.1) is 0 Å². The highest BCUT2D eigenvalue weighted by Gasteiger charge is 2.25. The van der Waals surface area contributed by atoms with Gasteiger partial charge < -0.3 is 0 Å². The van der Waals surface area contributed by atoms with Gasteiger partial charge in [-0.15, -0.1) is 22.7 Å². The highest BCUT2D eigenvalue weighted by Crippen LogP contribution is 2.46. The van der Waals surface area contributed by atoms with Crippen molar-refractivity contribution >= 4 is 34.4 Å². The molecule has 0 saturated heterocycles. The average molecular weight is 354 g/mol. The number of thiophene rings is 2. The van der Waals surface area contributed by atoms with Gasteiger partial charge in [-0.25, -0.2) is 0 Å². The summed E-state index contributed by atoms with van der Waals surface area (Å²) >= 11 is 5.03. The van der Waals surface area contributed by atoms with E-state index in [1.807, 2.05) is 28.7 Å². The highest BCUT2D eigenvalue weighted by molar-refractivity contribution is 8.03. The molecule has 0 atom stereocenters. The molecule has 4 rings (SSSR count). The molecular formula is C19H15NS3. The third-order valence-corrected chi connectivity index (χ3v) is 7.42. The zero-order chi connectivity index (χ0) is 15.8. The molecule has 2 heterocycles. The van der Waals surface area contributed by atoms with E-state index in [4.69, 9.17) is 5.26 Å². The van der Waals surface area contributed by atoms with Gasteiger partial charge in [0.2, 0.25) is 0 Å². The number of hydrogen-bond acceptors (Lipinski definition) is 4. The van der Waals surface area contributed by atoms with Crippen molar-refractivity contribution in [3.63, 3.8) is 0 Å². The Hall–Kier alpha value is -1.54. The lowest BCUT2D eigenvalue weighted by Gasteiger charge is -2.03. The molecular weight excluding hydrogens is 338 g/mol. The molecule has 4 heteroatoms. The smallest absolute Gasteiger partial charge is 0.138 e. The molecule has 0 unspecified atom stereocenters.